The first-order valence-electron chi connectivity index (χ1n) is 5.70. The zero-order valence-electron chi connectivity index (χ0n) is 10.0. The van der Waals surface area contributed by atoms with E-state index in [1.807, 2.05) is 55.5 Å². The van der Waals surface area contributed by atoms with Crippen LogP contribution in [0, 0.1) is 0 Å². The van der Waals surface area contributed by atoms with Crippen LogP contribution in [-0.2, 0) is 12.0 Å². The predicted octanol–water partition coefficient (Wildman–Crippen LogP) is 4.55. The molecule has 0 bridgehead atoms. The summed E-state index contributed by atoms with van der Waals surface area (Å²) in [5, 5.41) is 11.3. The van der Waals surface area contributed by atoms with Crippen LogP contribution in [0.5, 0.6) is 0 Å². The van der Waals surface area contributed by atoms with Gasteiger partial charge in [-0.05, 0) is 42.3 Å². The Balaban J connectivity index is 2.20. The molecule has 0 aromatic heterocycles. The number of aliphatic hydroxyl groups is 1. The minimum absolute atomic E-state index is 0.561. The number of rotatable bonds is 3. The summed E-state index contributed by atoms with van der Waals surface area (Å²) < 4.78 is 1.01. The molecule has 0 fully saturated rings. The van der Waals surface area contributed by atoms with Crippen LogP contribution in [0.1, 0.15) is 18.1 Å². The highest BCUT2D eigenvalue weighted by atomic mass is 79.9. The highest BCUT2D eigenvalue weighted by Crippen LogP contribution is 2.27. The summed E-state index contributed by atoms with van der Waals surface area (Å²) in [5.74, 6) is 0. The van der Waals surface area contributed by atoms with Crippen LogP contribution in [0.3, 0.4) is 0 Å². The van der Waals surface area contributed by atoms with Crippen LogP contribution in [0.15, 0.2) is 53.0 Å². The van der Waals surface area contributed by atoms with Gasteiger partial charge in [-0.3, -0.25) is 0 Å². The lowest BCUT2D eigenvalue weighted by atomic mass is 9.89. The summed E-state index contributed by atoms with van der Waals surface area (Å²) in [5.41, 5.74) is 1.09. The van der Waals surface area contributed by atoms with Crippen LogP contribution in [0.2, 0.25) is 5.02 Å². The molecule has 1 N–H and O–H groups in total. The molecular weight excluding hydrogens is 312 g/mol. The molecule has 0 saturated heterocycles. The van der Waals surface area contributed by atoms with Gasteiger partial charge >= 0.3 is 0 Å². The van der Waals surface area contributed by atoms with Gasteiger partial charge in [0.2, 0.25) is 0 Å². The van der Waals surface area contributed by atoms with E-state index in [-0.39, 0.29) is 0 Å². The van der Waals surface area contributed by atoms with Gasteiger partial charge in [0.25, 0.3) is 0 Å². The molecular formula is C15H14BrClO. The third kappa shape index (κ3) is 3.35. The third-order valence-corrected chi connectivity index (χ3v) is 3.71. The maximum atomic E-state index is 10.6. The van der Waals surface area contributed by atoms with Crippen LogP contribution in [0.4, 0.5) is 0 Å². The second kappa shape index (κ2) is 5.43. The Morgan fingerprint density at radius 3 is 2.17 bits per heavy atom. The summed E-state index contributed by atoms with van der Waals surface area (Å²) in [6, 6.07) is 15.3. The lowest BCUT2D eigenvalue weighted by Crippen LogP contribution is -2.24. The molecule has 0 saturated carbocycles. The lowest BCUT2D eigenvalue weighted by molar-refractivity contribution is 0.0576. The zero-order valence-corrected chi connectivity index (χ0v) is 12.4. The highest BCUT2D eigenvalue weighted by molar-refractivity contribution is 9.10. The number of hydrogen-bond donors (Lipinski definition) is 1. The van der Waals surface area contributed by atoms with Gasteiger partial charge in [0.15, 0.2) is 0 Å². The van der Waals surface area contributed by atoms with E-state index in [4.69, 9.17) is 11.6 Å². The smallest absolute Gasteiger partial charge is 0.0908 e. The molecule has 18 heavy (non-hydrogen) atoms. The fourth-order valence-electron chi connectivity index (χ4n) is 1.91. The topological polar surface area (TPSA) is 20.2 Å². The van der Waals surface area contributed by atoms with E-state index in [2.05, 4.69) is 15.9 Å². The van der Waals surface area contributed by atoms with Crippen molar-refractivity contribution in [1.82, 2.24) is 0 Å². The molecule has 1 unspecified atom stereocenters. The van der Waals surface area contributed by atoms with E-state index in [9.17, 15) is 5.11 Å². The van der Waals surface area contributed by atoms with Gasteiger partial charge in [0.05, 0.1) is 5.60 Å². The van der Waals surface area contributed by atoms with Gasteiger partial charge in [-0.25, -0.2) is 0 Å². The first-order valence-corrected chi connectivity index (χ1v) is 6.87. The van der Waals surface area contributed by atoms with E-state index in [0.29, 0.717) is 11.4 Å². The Morgan fingerprint density at radius 2 is 1.61 bits per heavy atom. The minimum Gasteiger partial charge on any atom is -0.385 e. The quantitative estimate of drug-likeness (QED) is 0.877. The van der Waals surface area contributed by atoms with Crippen molar-refractivity contribution in [2.75, 3.05) is 0 Å². The molecule has 0 heterocycles. The second-order valence-electron chi connectivity index (χ2n) is 4.58. The normalized spacial score (nSPS) is 14.2. The van der Waals surface area contributed by atoms with Gasteiger partial charge in [0.1, 0.15) is 0 Å². The Labute approximate surface area is 121 Å². The molecule has 2 aromatic rings. The van der Waals surface area contributed by atoms with Crippen molar-refractivity contribution in [2.45, 2.75) is 18.9 Å². The molecule has 2 aromatic carbocycles. The molecule has 1 nitrogen and oxygen atoms in total. The maximum absolute atomic E-state index is 10.6. The van der Waals surface area contributed by atoms with Gasteiger partial charge in [-0.15, -0.1) is 0 Å². The van der Waals surface area contributed by atoms with Crippen LogP contribution in [-0.4, -0.2) is 5.11 Å². The molecule has 0 aliphatic rings. The average molecular weight is 326 g/mol. The Bertz CT molecular complexity index is 517. The van der Waals surface area contributed by atoms with Crippen LogP contribution >= 0.6 is 27.5 Å². The molecule has 1 atom stereocenters. The average Bonchev–Trinajstić information content (AvgIpc) is 2.32. The SMILES string of the molecule is CC(O)(Cc1ccc(Cl)cc1)c1ccc(Br)cc1. The summed E-state index contributed by atoms with van der Waals surface area (Å²) in [6.07, 6.45) is 0.561. The van der Waals surface area contributed by atoms with Crippen molar-refractivity contribution < 1.29 is 5.11 Å². The van der Waals surface area contributed by atoms with E-state index < -0.39 is 5.60 Å². The summed E-state index contributed by atoms with van der Waals surface area (Å²) in [7, 11) is 0. The van der Waals surface area contributed by atoms with Crippen LogP contribution < -0.4 is 0 Å². The molecule has 0 aliphatic carbocycles. The molecule has 0 amide bonds. The predicted molar refractivity (Wildman–Crippen MR) is 78.9 cm³/mol. The molecule has 94 valence electrons. The molecule has 3 heteroatoms. The largest absolute Gasteiger partial charge is 0.385 e. The fraction of sp³-hybridized carbons (Fsp3) is 0.200. The Hall–Kier alpha value is -0.830. The van der Waals surface area contributed by atoms with E-state index in [1.165, 1.54) is 0 Å². The summed E-state index contributed by atoms with van der Waals surface area (Å²) in [4.78, 5) is 0. The Kier molecular flexibility index (Phi) is 4.10. The van der Waals surface area contributed by atoms with Crippen molar-refractivity contribution in [3.8, 4) is 0 Å². The van der Waals surface area contributed by atoms with E-state index >= 15 is 0 Å². The fourth-order valence-corrected chi connectivity index (χ4v) is 2.30. The van der Waals surface area contributed by atoms with Crippen LogP contribution in [0.25, 0.3) is 0 Å². The molecule has 0 spiro atoms. The van der Waals surface area contributed by atoms with Crippen molar-refractivity contribution in [2.24, 2.45) is 0 Å². The van der Waals surface area contributed by atoms with Crippen molar-refractivity contribution >= 4 is 27.5 Å². The molecule has 0 aliphatic heterocycles. The van der Waals surface area contributed by atoms with Gasteiger partial charge in [-0.1, -0.05) is 51.8 Å². The number of hydrogen-bond acceptors (Lipinski definition) is 1. The lowest BCUT2D eigenvalue weighted by Gasteiger charge is -2.24. The standard InChI is InChI=1S/C15H14BrClO/c1-15(18,12-4-6-13(16)7-5-12)10-11-2-8-14(17)9-3-11/h2-9,18H,10H2,1H3. The number of benzene rings is 2. The molecule has 0 radical (unpaired) electrons. The van der Waals surface area contributed by atoms with Crippen molar-refractivity contribution in [3.05, 3.63) is 69.2 Å². The number of halogens is 2. The summed E-state index contributed by atoms with van der Waals surface area (Å²) in [6.45, 7) is 1.82. The van der Waals surface area contributed by atoms with Crippen molar-refractivity contribution in [1.29, 1.82) is 0 Å². The first-order chi connectivity index (χ1) is 8.47. The third-order valence-electron chi connectivity index (χ3n) is 2.93. The summed E-state index contributed by atoms with van der Waals surface area (Å²) >= 11 is 9.24. The maximum Gasteiger partial charge on any atom is 0.0908 e. The minimum atomic E-state index is -0.880. The zero-order chi connectivity index (χ0) is 13.2. The molecule has 2 rings (SSSR count). The first kappa shape index (κ1) is 13.6. The monoisotopic (exact) mass is 324 g/mol. The van der Waals surface area contributed by atoms with Crippen molar-refractivity contribution in [3.63, 3.8) is 0 Å². The van der Waals surface area contributed by atoms with E-state index in [1.54, 1.807) is 0 Å². The van der Waals surface area contributed by atoms with Gasteiger partial charge in [0, 0.05) is 15.9 Å². The Morgan fingerprint density at radius 1 is 1.06 bits per heavy atom. The highest BCUT2D eigenvalue weighted by Gasteiger charge is 2.23. The van der Waals surface area contributed by atoms with E-state index in [0.717, 1.165) is 15.6 Å². The second-order valence-corrected chi connectivity index (χ2v) is 5.94. The van der Waals surface area contributed by atoms with Gasteiger partial charge in [-0.2, -0.15) is 0 Å². The van der Waals surface area contributed by atoms with Gasteiger partial charge < -0.3 is 5.11 Å².